The number of nitrogens with zero attached hydrogens (tertiary/aromatic N) is 2. The molecule has 1 atom stereocenters. The van der Waals surface area contributed by atoms with Crippen molar-refractivity contribution in [1.82, 2.24) is 15.6 Å². The van der Waals surface area contributed by atoms with Gasteiger partial charge in [0.1, 0.15) is 23.5 Å². The second-order valence-corrected chi connectivity index (χ2v) is 6.52. The van der Waals surface area contributed by atoms with Gasteiger partial charge in [-0.05, 0) is 52.0 Å². The minimum atomic E-state index is 0. The minimum Gasteiger partial charge on any atom is -0.464 e. The molecule has 7 heteroatoms. The monoisotopic (exact) mass is 494 g/mol. The molecule has 3 rings (SSSR count). The Morgan fingerprint density at radius 3 is 2.54 bits per heavy atom. The van der Waals surface area contributed by atoms with Crippen LogP contribution in [0.25, 0.3) is 11.5 Å². The molecule has 2 N–H and O–H groups in total. The van der Waals surface area contributed by atoms with Crippen LogP contribution in [-0.4, -0.2) is 17.5 Å². The van der Waals surface area contributed by atoms with Gasteiger partial charge in [0.15, 0.2) is 5.96 Å². The topological polar surface area (TPSA) is 75.6 Å². The first-order valence-electron chi connectivity index (χ1n) is 9.17. The van der Waals surface area contributed by atoms with E-state index >= 15 is 0 Å². The van der Waals surface area contributed by atoms with Crippen molar-refractivity contribution >= 4 is 29.9 Å². The Morgan fingerprint density at radius 1 is 1.14 bits per heavy atom. The summed E-state index contributed by atoms with van der Waals surface area (Å²) in [6.45, 7) is 9.25. The van der Waals surface area contributed by atoms with E-state index in [9.17, 15) is 0 Å². The summed E-state index contributed by atoms with van der Waals surface area (Å²) in [7, 11) is 0. The number of rotatable bonds is 6. The number of hydrogen-bond donors (Lipinski definition) is 2. The number of hydrogen-bond acceptors (Lipinski definition) is 4. The minimum absolute atomic E-state index is 0. The number of guanidine groups is 1. The Hall–Kier alpha value is -2.29. The Bertz CT molecular complexity index is 899. The molecule has 2 aromatic heterocycles. The fraction of sp³-hybridized carbons (Fsp3) is 0.333. The highest BCUT2D eigenvalue weighted by molar-refractivity contribution is 14.0. The molecule has 2 heterocycles. The van der Waals surface area contributed by atoms with E-state index in [2.05, 4.69) is 27.5 Å². The van der Waals surface area contributed by atoms with Crippen LogP contribution in [-0.2, 0) is 6.54 Å². The van der Waals surface area contributed by atoms with Crippen LogP contribution < -0.4 is 10.6 Å². The average Bonchev–Trinajstić information content (AvgIpc) is 3.30. The predicted octanol–water partition coefficient (Wildman–Crippen LogP) is 4.99. The van der Waals surface area contributed by atoms with E-state index < -0.39 is 0 Å². The quantitative estimate of drug-likeness (QED) is 0.287. The molecule has 0 aliphatic carbocycles. The van der Waals surface area contributed by atoms with Crippen molar-refractivity contribution in [1.29, 1.82) is 0 Å². The Balaban J connectivity index is 0.00000280. The predicted molar refractivity (Wildman–Crippen MR) is 122 cm³/mol. The lowest BCUT2D eigenvalue weighted by molar-refractivity contribution is 0.441. The third-order valence-corrected chi connectivity index (χ3v) is 4.13. The molecule has 1 aromatic carbocycles. The second kappa shape index (κ2) is 10.3. The van der Waals surface area contributed by atoms with Crippen molar-refractivity contribution in [2.45, 2.75) is 40.3 Å². The van der Waals surface area contributed by atoms with Gasteiger partial charge >= 0.3 is 0 Å². The lowest BCUT2D eigenvalue weighted by Gasteiger charge is -2.15. The van der Waals surface area contributed by atoms with Crippen LogP contribution in [0.15, 0.2) is 56.5 Å². The van der Waals surface area contributed by atoms with Gasteiger partial charge < -0.3 is 19.5 Å². The zero-order chi connectivity index (χ0) is 19.2. The van der Waals surface area contributed by atoms with Crippen molar-refractivity contribution in [3.63, 3.8) is 0 Å². The number of aromatic nitrogens is 1. The first-order valence-corrected chi connectivity index (χ1v) is 9.17. The van der Waals surface area contributed by atoms with Gasteiger partial charge in [0.25, 0.3) is 0 Å². The molecular formula is C21H27IN4O2. The summed E-state index contributed by atoms with van der Waals surface area (Å²) in [4.78, 5) is 9.14. The van der Waals surface area contributed by atoms with Crippen LogP contribution in [0, 0.1) is 13.8 Å². The molecule has 0 radical (unpaired) electrons. The highest BCUT2D eigenvalue weighted by Crippen LogP contribution is 2.19. The van der Waals surface area contributed by atoms with Crippen molar-refractivity contribution in [3.05, 3.63) is 65.4 Å². The van der Waals surface area contributed by atoms with Crippen molar-refractivity contribution in [2.75, 3.05) is 6.54 Å². The smallest absolute Gasteiger partial charge is 0.226 e. The van der Waals surface area contributed by atoms with E-state index in [0.29, 0.717) is 18.4 Å². The van der Waals surface area contributed by atoms with Crippen LogP contribution in [0.1, 0.15) is 42.7 Å². The number of furan rings is 1. The molecule has 150 valence electrons. The SMILES string of the molecule is CCNC(=NCc1coc(-c2ccc(C)cc2)n1)NC(C)c1ccc(C)o1.I. The van der Waals surface area contributed by atoms with Gasteiger partial charge in [0.2, 0.25) is 5.89 Å². The normalized spacial score (nSPS) is 12.4. The molecule has 3 aromatic rings. The third-order valence-electron chi connectivity index (χ3n) is 4.13. The molecular weight excluding hydrogens is 467 g/mol. The van der Waals surface area contributed by atoms with Crippen LogP contribution in [0.2, 0.25) is 0 Å². The lowest BCUT2D eigenvalue weighted by atomic mass is 10.1. The van der Waals surface area contributed by atoms with E-state index in [1.54, 1.807) is 6.26 Å². The zero-order valence-electron chi connectivity index (χ0n) is 16.7. The number of halogens is 1. The van der Waals surface area contributed by atoms with Gasteiger partial charge in [0.05, 0.1) is 12.6 Å². The highest BCUT2D eigenvalue weighted by Gasteiger charge is 2.12. The molecule has 0 aliphatic heterocycles. The Kier molecular flexibility index (Phi) is 8.10. The average molecular weight is 494 g/mol. The summed E-state index contributed by atoms with van der Waals surface area (Å²) < 4.78 is 11.3. The number of nitrogens with one attached hydrogen (secondary N) is 2. The van der Waals surface area contributed by atoms with Gasteiger partial charge in [-0.2, -0.15) is 0 Å². The van der Waals surface area contributed by atoms with Crippen molar-refractivity contribution in [2.24, 2.45) is 4.99 Å². The summed E-state index contributed by atoms with van der Waals surface area (Å²) in [5.74, 6) is 3.09. The van der Waals surface area contributed by atoms with Crippen molar-refractivity contribution < 1.29 is 8.83 Å². The van der Waals surface area contributed by atoms with Gasteiger partial charge in [-0.15, -0.1) is 24.0 Å². The van der Waals surface area contributed by atoms with E-state index in [1.165, 1.54) is 5.56 Å². The molecule has 6 nitrogen and oxygen atoms in total. The summed E-state index contributed by atoms with van der Waals surface area (Å²) in [5.41, 5.74) is 2.95. The lowest BCUT2D eigenvalue weighted by Crippen LogP contribution is -2.38. The number of oxazole rings is 1. The van der Waals surface area contributed by atoms with Gasteiger partial charge in [-0.3, -0.25) is 0 Å². The molecule has 0 fully saturated rings. The van der Waals surface area contributed by atoms with Crippen LogP contribution in [0.4, 0.5) is 0 Å². The molecule has 0 amide bonds. The van der Waals surface area contributed by atoms with Crippen LogP contribution in [0.3, 0.4) is 0 Å². The molecule has 0 saturated carbocycles. The molecule has 0 bridgehead atoms. The second-order valence-electron chi connectivity index (χ2n) is 6.52. The van der Waals surface area contributed by atoms with E-state index in [0.717, 1.165) is 29.3 Å². The summed E-state index contributed by atoms with van der Waals surface area (Å²) in [6.07, 6.45) is 1.65. The molecule has 0 saturated heterocycles. The van der Waals surface area contributed by atoms with Crippen molar-refractivity contribution in [3.8, 4) is 11.5 Å². The largest absolute Gasteiger partial charge is 0.464 e. The van der Waals surface area contributed by atoms with E-state index in [1.807, 2.05) is 57.2 Å². The van der Waals surface area contributed by atoms with Gasteiger partial charge in [-0.1, -0.05) is 17.7 Å². The first kappa shape index (κ1) is 22.0. The Labute approximate surface area is 182 Å². The van der Waals surface area contributed by atoms with Crippen LogP contribution in [0.5, 0.6) is 0 Å². The molecule has 0 aliphatic rings. The molecule has 28 heavy (non-hydrogen) atoms. The summed E-state index contributed by atoms with van der Waals surface area (Å²) >= 11 is 0. The standard InChI is InChI=1S/C21H26N4O2.HI/c1-5-22-21(24-16(4)19-11-8-15(3)27-19)23-12-18-13-26-20(25-18)17-9-6-14(2)7-10-17;/h6-11,13,16H,5,12H2,1-4H3,(H2,22,23,24);1H. The van der Waals surface area contributed by atoms with Gasteiger partial charge in [-0.25, -0.2) is 9.98 Å². The van der Waals surface area contributed by atoms with Crippen LogP contribution >= 0.6 is 24.0 Å². The number of aryl methyl sites for hydroxylation is 2. The summed E-state index contributed by atoms with van der Waals surface area (Å²) in [5, 5.41) is 6.59. The maximum absolute atomic E-state index is 5.68. The summed E-state index contributed by atoms with van der Waals surface area (Å²) in [6, 6.07) is 12.0. The van der Waals surface area contributed by atoms with E-state index in [-0.39, 0.29) is 30.0 Å². The Morgan fingerprint density at radius 2 is 1.89 bits per heavy atom. The molecule has 1 unspecified atom stereocenters. The third kappa shape index (κ3) is 5.85. The fourth-order valence-corrected chi connectivity index (χ4v) is 2.65. The maximum Gasteiger partial charge on any atom is 0.226 e. The number of benzene rings is 1. The number of aliphatic imine (C=N–C) groups is 1. The maximum atomic E-state index is 5.68. The molecule has 0 spiro atoms. The van der Waals surface area contributed by atoms with E-state index in [4.69, 9.17) is 8.83 Å². The fourth-order valence-electron chi connectivity index (χ4n) is 2.65. The highest BCUT2D eigenvalue weighted by atomic mass is 127. The van der Waals surface area contributed by atoms with Gasteiger partial charge in [0, 0.05) is 12.1 Å². The zero-order valence-corrected chi connectivity index (χ0v) is 19.0. The first-order chi connectivity index (χ1) is 13.0.